The van der Waals surface area contributed by atoms with Crippen molar-refractivity contribution in [2.75, 3.05) is 7.11 Å². The molecule has 13 heavy (non-hydrogen) atoms. The Bertz CT molecular complexity index is 290. The Morgan fingerprint density at radius 2 is 2.08 bits per heavy atom. The van der Waals surface area contributed by atoms with Gasteiger partial charge in [-0.1, -0.05) is 30.4 Å². The molecule has 0 heterocycles. The highest BCUT2D eigenvalue weighted by atomic mass is 16.5. The van der Waals surface area contributed by atoms with Crippen LogP contribution in [0.25, 0.3) is 6.08 Å². The molecule has 1 aromatic rings. The van der Waals surface area contributed by atoms with Crippen LogP contribution in [0.3, 0.4) is 0 Å². The van der Waals surface area contributed by atoms with Crippen LogP contribution >= 0.6 is 0 Å². The number of aliphatic hydroxyl groups excluding tert-OH is 1. The third-order valence-electron chi connectivity index (χ3n) is 1.69. The number of methoxy groups -OCH3 is 1. The Balaban J connectivity index is 2.87. The molecule has 0 aliphatic carbocycles. The first-order chi connectivity index (χ1) is 6.24. The minimum atomic E-state index is -0.426. The lowest BCUT2D eigenvalue weighted by Crippen LogP contribution is -1.92. The van der Waals surface area contributed by atoms with Gasteiger partial charge in [-0.3, -0.25) is 0 Å². The smallest absolute Gasteiger partial charge is 0.126 e. The average molecular weight is 178 g/mol. The summed E-state index contributed by atoms with van der Waals surface area (Å²) in [6.07, 6.45) is 3.14. The molecule has 0 spiro atoms. The van der Waals surface area contributed by atoms with Crippen molar-refractivity contribution >= 4 is 6.08 Å². The van der Waals surface area contributed by atoms with Crippen LogP contribution in [0, 0.1) is 0 Å². The Kier molecular flexibility index (Phi) is 3.53. The fraction of sp³-hybridized carbons (Fsp3) is 0.273. The van der Waals surface area contributed by atoms with Crippen LogP contribution in [0.5, 0.6) is 5.75 Å². The Morgan fingerprint density at radius 3 is 2.69 bits per heavy atom. The van der Waals surface area contributed by atoms with Crippen LogP contribution in [-0.2, 0) is 0 Å². The van der Waals surface area contributed by atoms with Crippen molar-refractivity contribution in [1.82, 2.24) is 0 Å². The van der Waals surface area contributed by atoms with E-state index in [1.165, 1.54) is 0 Å². The summed E-state index contributed by atoms with van der Waals surface area (Å²) in [5, 5.41) is 9.05. The predicted octanol–water partition coefficient (Wildman–Crippen LogP) is 2.09. The molecule has 2 heteroatoms. The molecule has 0 bridgehead atoms. The largest absolute Gasteiger partial charge is 0.496 e. The summed E-state index contributed by atoms with van der Waals surface area (Å²) >= 11 is 0. The van der Waals surface area contributed by atoms with E-state index in [2.05, 4.69) is 0 Å². The number of hydrogen-bond acceptors (Lipinski definition) is 2. The quantitative estimate of drug-likeness (QED) is 0.768. The van der Waals surface area contributed by atoms with Crippen LogP contribution < -0.4 is 4.74 Å². The molecule has 0 aliphatic rings. The maximum Gasteiger partial charge on any atom is 0.126 e. The minimum absolute atomic E-state index is 0.426. The molecular weight excluding hydrogens is 164 g/mol. The third-order valence-corrected chi connectivity index (χ3v) is 1.69. The number of rotatable bonds is 3. The van der Waals surface area contributed by atoms with Crippen molar-refractivity contribution in [1.29, 1.82) is 0 Å². The number of ether oxygens (including phenoxy) is 1. The van der Waals surface area contributed by atoms with Gasteiger partial charge in [0.1, 0.15) is 5.75 Å². The SMILES string of the molecule is COc1ccccc1/C=C/[C@@H](C)O. The predicted molar refractivity (Wildman–Crippen MR) is 53.7 cm³/mol. The molecule has 0 fully saturated rings. The van der Waals surface area contributed by atoms with Gasteiger partial charge in [0.25, 0.3) is 0 Å². The van der Waals surface area contributed by atoms with Crippen LogP contribution in [-0.4, -0.2) is 18.3 Å². The summed E-state index contributed by atoms with van der Waals surface area (Å²) in [7, 11) is 1.63. The fourth-order valence-corrected chi connectivity index (χ4v) is 1.05. The van der Waals surface area contributed by atoms with E-state index in [1.54, 1.807) is 20.1 Å². The number of aliphatic hydroxyl groups is 1. The third kappa shape index (κ3) is 2.92. The van der Waals surface area contributed by atoms with Crippen molar-refractivity contribution in [2.45, 2.75) is 13.0 Å². The van der Waals surface area contributed by atoms with Gasteiger partial charge >= 0.3 is 0 Å². The first-order valence-corrected chi connectivity index (χ1v) is 4.23. The highest BCUT2D eigenvalue weighted by molar-refractivity contribution is 5.57. The normalized spacial score (nSPS) is 13.2. The molecule has 0 unspecified atom stereocenters. The summed E-state index contributed by atoms with van der Waals surface area (Å²) in [5.74, 6) is 0.819. The zero-order valence-corrected chi connectivity index (χ0v) is 7.90. The minimum Gasteiger partial charge on any atom is -0.496 e. The molecule has 1 atom stereocenters. The Hall–Kier alpha value is -1.28. The summed E-state index contributed by atoms with van der Waals surface area (Å²) in [6.45, 7) is 1.71. The first-order valence-electron chi connectivity index (χ1n) is 4.23. The maximum absolute atomic E-state index is 9.05. The van der Waals surface area contributed by atoms with Crippen LogP contribution in [0.1, 0.15) is 12.5 Å². The van der Waals surface area contributed by atoms with Crippen molar-refractivity contribution in [2.24, 2.45) is 0 Å². The molecule has 1 N–H and O–H groups in total. The van der Waals surface area contributed by atoms with E-state index >= 15 is 0 Å². The van der Waals surface area contributed by atoms with Gasteiger partial charge in [-0.2, -0.15) is 0 Å². The lowest BCUT2D eigenvalue weighted by Gasteiger charge is -2.03. The first kappa shape index (κ1) is 9.81. The van der Waals surface area contributed by atoms with Crippen molar-refractivity contribution in [3.8, 4) is 5.75 Å². The van der Waals surface area contributed by atoms with Crippen LogP contribution in [0.15, 0.2) is 30.3 Å². The van der Waals surface area contributed by atoms with E-state index in [0.717, 1.165) is 11.3 Å². The van der Waals surface area contributed by atoms with Gasteiger partial charge in [-0.25, -0.2) is 0 Å². The molecule has 0 radical (unpaired) electrons. The van der Waals surface area contributed by atoms with Gasteiger partial charge in [0.2, 0.25) is 0 Å². The molecule has 0 aromatic heterocycles. The molecule has 2 nitrogen and oxygen atoms in total. The lowest BCUT2D eigenvalue weighted by atomic mass is 10.1. The highest BCUT2D eigenvalue weighted by Gasteiger charge is 1.96. The van der Waals surface area contributed by atoms with E-state index in [-0.39, 0.29) is 0 Å². The van der Waals surface area contributed by atoms with Crippen molar-refractivity contribution < 1.29 is 9.84 Å². The molecule has 0 aliphatic heterocycles. The summed E-state index contributed by atoms with van der Waals surface area (Å²) in [6, 6.07) is 7.68. The van der Waals surface area contributed by atoms with Gasteiger partial charge < -0.3 is 9.84 Å². The van der Waals surface area contributed by atoms with Crippen molar-refractivity contribution in [3.05, 3.63) is 35.9 Å². The maximum atomic E-state index is 9.05. The molecule has 0 saturated carbocycles. The van der Waals surface area contributed by atoms with Gasteiger partial charge in [0.05, 0.1) is 13.2 Å². The zero-order valence-electron chi connectivity index (χ0n) is 7.90. The number of para-hydroxylation sites is 1. The summed E-state index contributed by atoms with van der Waals surface area (Å²) in [5.41, 5.74) is 0.978. The second-order valence-corrected chi connectivity index (χ2v) is 2.84. The van der Waals surface area contributed by atoms with Crippen LogP contribution in [0.4, 0.5) is 0 Å². The standard InChI is InChI=1S/C11H14O2/c1-9(12)7-8-10-5-3-4-6-11(10)13-2/h3-9,12H,1-2H3/b8-7+/t9-/m1/s1. The van der Waals surface area contributed by atoms with Gasteiger partial charge in [0, 0.05) is 5.56 Å². The zero-order chi connectivity index (χ0) is 9.68. The second-order valence-electron chi connectivity index (χ2n) is 2.84. The van der Waals surface area contributed by atoms with Crippen LogP contribution in [0.2, 0.25) is 0 Å². The number of benzene rings is 1. The molecule has 1 rings (SSSR count). The molecule has 70 valence electrons. The van der Waals surface area contributed by atoms with E-state index in [0.29, 0.717) is 0 Å². The average Bonchev–Trinajstić information content (AvgIpc) is 2.15. The Labute approximate surface area is 78.5 Å². The summed E-state index contributed by atoms with van der Waals surface area (Å²) in [4.78, 5) is 0. The highest BCUT2D eigenvalue weighted by Crippen LogP contribution is 2.18. The second kappa shape index (κ2) is 4.67. The van der Waals surface area contributed by atoms with Crippen molar-refractivity contribution in [3.63, 3.8) is 0 Å². The fourth-order valence-electron chi connectivity index (χ4n) is 1.05. The molecule has 0 amide bonds. The van der Waals surface area contributed by atoms with E-state index < -0.39 is 6.10 Å². The lowest BCUT2D eigenvalue weighted by molar-refractivity contribution is 0.245. The van der Waals surface area contributed by atoms with Gasteiger partial charge in [-0.15, -0.1) is 0 Å². The molecule has 1 aromatic carbocycles. The van der Waals surface area contributed by atoms with Gasteiger partial charge in [-0.05, 0) is 13.0 Å². The molecular formula is C11H14O2. The Morgan fingerprint density at radius 1 is 1.38 bits per heavy atom. The van der Waals surface area contributed by atoms with Gasteiger partial charge in [0.15, 0.2) is 0 Å². The number of hydrogen-bond donors (Lipinski definition) is 1. The summed E-state index contributed by atoms with van der Waals surface area (Å²) < 4.78 is 5.14. The van der Waals surface area contributed by atoms with E-state index in [1.807, 2.05) is 30.3 Å². The molecule has 0 saturated heterocycles. The monoisotopic (exact) mass is 178 g/mol. The van der Waals surface area contributed by atoms with E-state index in [9.17, 15) is 0 Å². The van der Waals surface area contributed by atoms with E-state index in [4.69, 9.17) is 9.84 Å². The topological polar surface area (TPSA) is 29.5 Å².